The van der Waals surface area contributed by atoms with Crippen LogP contribution in [0.5, 0.6) is 0 Å². The van der Waals surface area contributed by atoms with Crippen LogP contribution in [0.3, 0.4) is 0 Å². The Morgan fingerprint density at radius 2 is 2.28 bits per heavy atom. The number of hydrogen-bond donors (Lipinski definition) is 0. The third-order valence-corrected chi connectivity index (χ3v) is 2.93. The molecule has 0 aliphatic heterocycles. The standard InChI is InChI=1S/C13H12BrN3O/c14-11-5-3-4-10(8-11)9-12-16-13(18-17-12)6-1-2-7-15/h3-5,8H,1-2,6,9H2. The van der Waals surface area contributed by atoms with Gasteiger partial charge in [-0.15, -0.1) is 0 Å². The van der Waals surface area contributed by atoms with Crippen LogP contribution >= 0.6 is 15.9 Å². The third kappa shape index (κ3) is 3.67. The predicted octanol–water partition coefficient (Wildman–Crippen LogP) is 3.27. The van der Waals surface area contributed by atoms with Gasteiger partial charge in [0.25, 0.3) is 0 Å². The van der Waals surface area contributed by atoms with Crippen molar-refractivity contribution in [1.82, 2.24) is 10.1 Å². The molecule has 0 atom stereocenters. The Bertz CT molecular complexity index is 559. The first-order valence-electron chi connectivity index (χ1n) is 5.71. The zero-order valence-electron chi connectivity index (χ0n) is 9.77. The van der Waals surface area contributed by atoms with Crippen molar-refractivity contribution < 1.29 is 4.52 Å². The van der Waals surface area contributed by atoms with Crippen molar-refractivity contribution in [3.05, 3.63) is 46.0 Å². The van der Waals surface area contributed by atoms with E-state index in [-0.39, 0.29) is 0 Å². The van der Waals surface area contributed by atoms with Crippen LogP contribution in [0.1, 0.15) is 30.1 Å². The fourth-order valence-electron chi connectivity index (χ4n) is 1.61. The van der Waals surface area contributed by atoms with Gasteiger partial charge in [0, 0.05) is 23.7 Å². The van der Waals surface area contributed by atoms with Gasteiger partial charge in [0.2, 0.25) is 5.89 Å². The van der Waals surface area contributed by atoms with E-state index in [1.165, 1.54) is 0 Å². The van der Waals surface area contributed by atoms with Crippen LogP contribution in [0.15, 0.2) is 33.3 Å². The molecular weight excluding hydrogens is 294 g/mol. The van der Waals surface area contributed by atoms with E-state index in [1.807, 2.05) is 24.3 Å². The first kappa shape index (κ1) is 12.8. The molecule has 1 aromatic carbocycles. The van der Waals surface area contributed by atoms with E-state index in [1.54, 1.807) is 0 Å². The minimum atomic E-state index is 0.517. The molecule has 18 heavy (non-hydrogen) atoms. The first-order valence-corrected chi connectivity index (χ1v) is 6.50. The van der Waals surface area contributed by atoms with E-state index < -0.39 is 0 Å². The molecule has 1 aromatic heterocycles. The maximum Gasteiger partial charge on any atom is 0.226 e. The molecule has 0 spiro atoms. The summed E-state index contributed by atoms with van der Waals surface area (Å²) in [6.45, 7) is 0. The van der Waals surface area contributed by atoms with Crippen LogP contribution in [0, 0.1) is 11.3 Å². The van der Waals surface area contributed by atoms with Crippen molar-refractivity contribution >= 4 is 15.9 Å². The summed E-state index contributed by atoms with van der Waals surface area (Å²) in [5.74, 6) is 1.29. The van der Waals surface area contributed by atoms with Gasteiger partial charge < -0.3 is 4.52 Å². The van der Waals surface area contributed by atoms with E-state index in [9.17, 15) is 0 Å². The van der Waals surface area contributed by atoms with Crippen molar-refractivity contribution in [2.45, 2.75) is 25.7 Å². The molecule has 0 radical (unpaired) electrons. The third-order valence-electron chi connectivity index (χ3n) is 2.44. The van der Waals surface area contributed by atoms with Crippen LogP contribution in [-0.2, 0) is 12.8 Å². The largest absolute Gasteiger partial charge is 0.339 e. The molecule has 0 aliphatic rings. The highest BCUT2D eigenvalue weighted by Crippen LogP contribution is 2.14. The molecule has 0 saturated heterocycles. The molecule has 0 N–H and O–H groups in total. The monoisotopic (exact) mass is 305 g/mol. The predicted molar refractivity (Wildman–Crippen MR) is 69.8 cm³/mol. The highest BCUT2D eigenvalue weighted by atomic mass is 79.9. The smallest absolute Gasteiger partial charge is 0.226 e. The number of unbranched alkanes of at least 4 members (excludes halogenated alkanes) is 1. The van der Waals surface area contributed by atoms with Crippen molar-refractivity contribution in [3.63, 3.8) is 0 Å². The van der Waals surface area contributed by atoms with Crippen LogP contribution < -0.4 is 0 Å². The molecule has 2 rings (SSSR count). The molecule has 0 saturated carbocycles. The lowest BCUT2D eigenvalue weighted by atomic mass is 10.1. The van der Waals surface area contributed by atoms with Gasteiger partial charge in [-0.3, -0.25) is 0 Å². The van der Waals surface area contributed by atoms with E-state index in [4.69, 9.17) is 9.78 Å². The zero-order chi connectivity index (χ0) is 12.8. The molecule has 0 unspecified atom stereocenters. The highest BCUT2D eigenvalue weighted by Gasteiger charge is 2.07. The molecule has 1 heterocycles. The normalized spacial score (nSPS) is 10.2. The molecule has 2 aromatic rings. The minimum Gasteiger partial charge on any atom is -0.339 e. The number of aryl methyl sites for hydroxylation is 1. The Balaban J connectivity index is 1.96. The Morgan fingerprint density at radius 3 is 3.06 bits per heavy atom. The summed E-state index contributed by atoms with van der Waals surface area (Å²) in [6.07, 6.45) is 2.60. The van der Waals surface area contributed by atoms with Crippen LogP contribution in [-0.4, -0.2) is 10.1 Å². The molecule has 92 valence electrons. The molecular formula is C13H12BrN3O. The summed E-state index contributed by atoms with van der Waals surface area (Å²) in [7, 11) is 0. The summed E-state index contributed by atoms with van der Waals surface area (Å²) < 4.78 is 6.17. The van der Waals surface area contributed by atoms with Crippen LogP contribution in [0.4, 0.5) is 0 Å². The van der Waals surface area contributed by atoms with E-state index in [0.29, 0.717) is 31.0 Å². The number of halogens is 1. The molecule has 0 fully saturated rings. The van der Waals surface area contributed by atoms with E-state index in [0.717, 1.165) is 16.5 Å². The maximum absolute atomic E-state index is 8.45. The van der Waals surface area contributed by atoms with E-state index >= 15 is 0 Å². The van der Waals surface area contributed by atoms with Gasteiger partial charge in [-0.25, -0.2) is 0 Å². The summed E-state index contributed by atoms with van der Waals surface area (Å²) >= 11 is 3.43. The van der Waals surface area contributed by atoms with Gasteiger partial charge >= 0.3 is 0 Å². The molecule has 4 nitrogen and oxygen atoms in total. The highest BCUT2D eigenvalue weighted by molar-refractivity contribution is 9.10. The van der Waals surface area contributed by atoms with Crippen molar-refractivity contribution in [3.8, 4) is 6.07 Å². The van der Waals surface area contributed by atoms with Crippen LogP contribution in [0.2, 0.25) is 0 Å². The summed E-state index contributed by atoms with van der Waals surface area (Å²) in [5, 5.41) is 12.4. The number of hydrogen-bond acceptors (Lipinski definition) is 4. The van der Waals surface area contributed by atoms with Crippen LogP contribution in [0.25, 0.3) is 0 Å². The Kier molecular flexibility index (Phi) is 4.48. The second-order valence-corrected chi connectivity index (χ2v) is 4.84. The zero-order valence-corrected chi connectivity index (χ0v) is 11.4. The summed E-state index contributed by atoms with van der Waals surface area (Å²) in [5.41, 5.74) is 1.13. The molecule has 0 bridgehead atoms. The van der Waals surface area contributed by atoms with E-state index in [2.05, 4.69) is 32.1 Å². The average Bonchev–Trinajstić information content (AvgIpc) is 2.77. The van der Waals surface area contributed by atoms with Gasteiger partial charge in [-0.05, 0) is 24.1 Å². The topological polar surface area (TPSA) is 62.7 Å². The lowest BCUT2D eigenvalue weighted by Gasteiger charge is -1.96. The lowest BCUT2D eigenvalue weighted by molar-refractivity contribution is 0.371. The van der Waals surface area contributed by atoms with Crippen molar-refractivity contribution in [2.75, 3.05) is 0 Å². The molecule has 5 heteroatoms. The second kappa shape index (κ2) is 6.31. The number of nitriles is 1. The van der Waals surface area contributed by atoms with Crippen molar-refractivity contribution in [1.29, 1.82) is 5.26 Å². The van der Waals surface area contributed by atoms with Gasteiger partial charge in [-0.2, -0.15) is 10.2 Å². The summed E-state index contributed by atoms with van der Waals surface area (Å²) in [4.78, 5) is 4.30. The lowest BCUT2D eigenvalue weighted by Crippen LogP contribution is -1.91. The molecule has 0 amide bonds. The molecule has 0 aliphatic carbocycles. The maximum atomic E-state index is 8.45. The second-order valence-electron chi connectivity index (χ2n) is 3.92. The number of aromatic nitrogens is 2. The SMILES string of the molecule is N#CCCCc1nc(Cc2cccc(Br)c2)no1. The van der Waals surface area contributed by atoms with Gasteiger partial charge in [0.15, 0.2) is 5.82 Å². The number of benzene rings is 1. The van der Waals surface area contributed by atoms with Gasteiger partial charge in [0.1, 0.15) is 0 Å². The first-order chi connectivity index (χ1) is 8.78. The summed E-state index contributed by atoms with van der Waals surface area (Å²) in [6, 6.07) is 10.1. The number of nitrogens with zero attached hydrogens (tertiary/aromatic N) is 3. The van der Waals surface area contributed by atoms with Gasteiger partial charge in [0.05, 0.1) is 6.07 Å². The minimum absolute atomic E-state index is 0.517. The fourth-order valence-corrected chi connectivity index (χ4v) is 2.06. The Hall–Kier alpha value is -1.67. The Morgan fingerprint density at radius 1 is 1.39 bits per heavy atom. The fraction of sp³-hybridized carbons (Fsp3) is 0.308. The van der Waals surface area contributed by atoms with Crippen molar-refractivity contribution in [2.24, 2.45) is 0 Å². The van der Waals surface area contributed by atoms with Gasteiger partial charge in [-0.1, -0.05) is 33.2 Å². The average molecular weight is 306 g/mol. The number of rotatable bonds is 5. The Labute approximate surface area is 114 Å². The quantitative estimate of drug-likeness (QED) is 0.795.